The Kier molecular flexibility index (Phi) is 6.49. The molecule has 2 amide bonds. The molecule has 11 nitrogen and oxygen atoms in total. The molecule has 0 radical (unpaired) electrons. The molecule has 2 saturated carbocycles. The van der Waals surface area contributed by atoms with Crippen LogP contribution in [0.25, 0.3) is 5.52 Å². The minimum Gasteiger partial charge on any atom is -0.474 e. The zero-order valence-electron chi connectivity index (χ0n) is 20.5. The second-order valence-electron chi connectivity index (χ2n) is 9.97. The highest BCUT2D eigenvalue weighted by Crippen LogP contribution is 2.57. The minimum atomic E-state index is -5.68. The lowest BCUT2D eigenvalue weighted by atomic mass is 9.53. The third kappa shape index (κ3) is 5.16. The molecule has 2 fully saturated rings. The van der Waals surface area contributed by atoms with Crippen LogP contribution in [0.5, 0.6) is 5.88 Å². The van der Waals surface area contributed by atoms with Gasteiger partial charge in [0.25, 0.3) is 21.9 Å². The summed E-state index contributed by atoms with van der Waals surface area (Å²) < 4.78 is 120. The fourth-order valence-corrected chi connectivity index (χ4v) is 6.17. The Hall–Kier alpha value is -3.93. The molecule has 2 aliphatic carbocycles. The van der Waals surface area contributed by atoms with Crippen LogP contribution < -0.4 is 15.8 Å². The number of aromatic nitrogens is 3. The molecule has 2 aliphatic rings. The van der Waals surface area contributed by atoms with E-state index in [-0.39, 0.29) is 29.0 Å². The van der Waals surface area contributed by atoms with Crippen LogP contribution in [0, 0.1) is 5.41 Å². The van der Waals surface area contributed by atoms with Crippen LogP contribution in [-0.2, 0) is 22.5 Å². The normalized spacial score (nSPS) is 22.7. The second-order valence-corrected chi connectivity index (χ2v) is 11.4. The Morgan fingerprint density at radius 3 is 2.29 bits per heavy atom. The predicted molar refractivity (Wildman–Crippen MR) is 124 cm³/mol. The third-order valence-electron chi connectivity index (χ3n) is 7.11. The standard InChI is InChI=1S/C23H19F6N5O6S/c24-22(25,26)16-14(41(37,38)39)4-3-13-15(33-20(34(13)16)23(27,28)29)18(36)32-10-6-21(7-10)8-11(9-21)40-19-12(17(30)35)2-1-5-31-19/h1-5,10-11H,6-9H2,(H2,30,35)(H,32,36)(H,37,38,39). The number of pyridine rings is 2. The van der Waals surface area contributed by atoms with E-state index in [0.717, 1.165) is 0 Å². The highest BCUT2D eigenvalue weighted by atomic mass is 32.2. The Morgan fingerprint density at radius 1 is 1.07 bits per heavy atom. The highest BCUT2D eigenvalue weighted by Gasteiger charge is 2.55. The number of fused-ring (bicyclic) bond motifs is 1. The number of nitrogens with zero attached hydrogens (tertiary/aromatic N) is 3. The predicted octanol–water partition coefficient (Wildman–Crippen LogP) is 3.23. The van der Waals surface area contributed by atoms with Crippen molar-refractivity contribution in [2.24, 2.45) is 11.1 Å². The van der Waals surface area contributed by atoms with Crippen LogP contribution in [-0.4, -0.2) is 51.3 Å². The van der Waals surface area contributed by atoms with E-state index in [0.29, 0.717) is 31.7 Å². The molecule has 0 bridgehead atoms. The van der Waals surface area contributed by atoms with Crippen LogP contribution in [0.2, 0.25) is 0 Å². The van der Waals surface area contributed by atoms with Gasteiger partial charge in [0, 0.05) is 12.2 Å². The number of primary amides is 1. The topological polar surface area (TPSA) is 166 Å². The molecular weight excluding hydrogens is 588 g/mol. The second kappa shape index (κ2) is 9.30. The highest BCUT2D eigenvalue weighted by molar-refractivity contribution is 7.85. The Bertz CT molecular complexity index is 1670. The quantitative estimate of drug-likeness (QED) is 0.284. The molecule has 0 saturated heterocycles. The molecule has 220 valence electrons. The average Bonchev–Trinajstić information content (AvgIpc) is 3.20. The van der Waals surface area contributed by atoms with Crippen molar-refractivity contribution < 1.29 is 53.6 Å². The monoisotopic (exact) mass is 607 g/mol. The molecule has 41 heavy (non-hydrogen) atoms. The summed E-state index contributed by atoms with van der Waals surface area (Å²) >= 11 is 0. The van der Waals surface area contributed by atoms with Gasteiger partial charge in [-0.1, -0.05) is 0 Å². The SMILES string of the molecule is NC(=O)c1cccnc1OC1CC2(CC(NC(=O)c3nc(C(F)(F)F)n4c(C(F)(F)F)c(S(=O)(=O)O)ccc34)C2)C1. The van der Waals surface area contributed by atoms with Crippen LogP contribution in [0.1, 0.15) is 58.0 Å². The zero-order chi connectivity index (χ0) is 30.1. The van der Waals surface area contributed by atoms with Gasteiger partial charge in [-0.2, -0.15) is 34.8 Å². The smallest absolute Gasteiger partial charge is 0.450 e. The summed E-state index contributed by atoms with van der Waals surface area (Å²) in [6, 6.07) is 3.23. The van der Waals surface area contributed by atoms with E-state index in [1.807, 2.05) is 0 Å². The molecule has 0 aliphatic heterocycles. The largest absolute Gasteiger partial charge is 0.474 e. The van der Waals surface area contributed by atoms with Crippen LogP contribution >= 0.6 is 0 Å². The van der Waals surface area contributed by atoms with E-state index < -0.39 is 72.4 Å². The van der Waals surface area contributed by atoms with Crippen molar-refractivity contribution in [2.45, 2.75) is 55.1 Å². The molecular formula is C23H19F6N5O6S. The maximum atomic E-state index is 13.8. The van der Waals surface area contributed by atoms with Gasteiger partial charge >= 0.3 is 12.4 Å². The number of halogens is 6. The minimum absolute atomic E-state index is 0.0755. The van der Waals surface area contributed by atoms with Gasteiger partial charge in [0.2, 0.25) is 11.7 Å². The van der Waals surface area contributed by atoms with Crippen molar-refractivity contribution in [3.63, 3.8) is 0 Å². The fraction of sp³-hybridized carbons (Fsp3) is 0.391. The number of rotatable bonds is 6. The van der Waals surface area contributed by atoms with Crippen molar-refractivity contribution in [3.05, 3.63) is 53.2 Å². The molecule has 4 N–H and O–H groups in total. The number of ether oxygens (including phenoxy) is 1. The molecule has 3 aromatic heterocycles. The Morgan fingerprint density at radius 2 is 1.73 bits per heavy atom. The van der Waals surface area contributed by atoms with E-state index in [9.17, 15) is 48.9 Å². The molecule has 0 unspecified atom stereocenters. The van der Waals surface area contributed by atoms with Crippen LogP contribution in [0.15, 0.2) is 35.4 Å². The Labute approximate surface area is 226 Å². The first kappa shape index (κ1) is 28.6. The summed E-state index contributed by atoms with van der Waals surface area (Å²) in [5, 5.41) is 2.46. The van der Waals surface area contributed by atoms with Gasteiger partial charge in [0.15, 0.2) is 11.4 Å². The number of hydrogen-bond acceptors (Lipinski definition) is 7. The Balaban J connectivity index is 1.34. The fourth-order valence-electron chi connectivity index (χ4n) is 5.48. The van der Waals surface area contributed by atoms with Crippen molar-refractivity contribution in [2.75, 3.05) is 0 Å². The number of nitrogens with two attached hydrogens (primary N) is 1. The lowest BCUT2D eigenvalue weighted by Crippen LogP contribution is -2.58. The van der Waals surface area contributed by atoms with Gasteiger partial charge < -0.3 is 15.8 Å². The van der Waals surface area contributed by atoms with Crippen LogP contribution in [0.3, 0.4) is 0 Å². The third-order valence-corrected chi connectivity index (χ3v) is 7.99. The van der Waals surface area contributed by atoms with Gasteiger partial charge in [-0.15, -0.1) is 0 Å². The number of carbonyl (C=O) groups is 2. The van der Waals surface area contributed by atoms with Gasteiger partial charge in [-0.25, -0.2) is 9.97 Å². The first-order chi connectivity index (χ1) is 18.9. The summed E-state index contributed by atoms with van der Waals surface area (Å²) in [6.45, 7) is 0. The number of carbonyl (C=O) groups excluding carboxylic acids is 2. The average molecular weight is 607 g/mol. The zero-order valence-corrected chi connectivity index (χ0v) is 21.3. The van der Waals surface area contributed by atoms with Crippen molar-refractivity contribution in [1.82, 2.24) is 19.7 Å². The molecule has 3 heterocycles. The number of imidazole rings is 1. The number of amides is 2. The molecule has 0 atom stereocenters. The molecule has 1 spiro atoms. The molecule has 5 rings (SSSR count). The first-order valence-electron chi connectivity index (χ1n) is 11.8. The molecule has 18 heteroatoms. The van der Waals surface area contributed by atoms with E-state index in [4.69, 9.17) is 10.5 Å². The summed E-state index contributed by atoms with van der Waals surface area (Å²) in [6.07, 6.45) is -8.26. The summed E-state index contributed by atoms with van der Waals surface area (Å²) in [5.74, 6) is -4.03. The molecule has 0 aromatic carbocycles. The van der Waals surface area contributed by atoms with Crippen molar-refractivity contribution in [3.8, 4) is 5.88 Å². The number of nitrogens with one attached hydrogen (secondary N) is 1. The lowest BCUT2D eigenvalue weighted by Gasteiger charge is -2.57. The van der Waals surface area contributed by atoms with Gasteiger partial charge in [0.1, 0.15) is 16.6 Å². The van der Waals surface area contributed by atoms with Gasteiger partial charge in [0.05, 0.1) is 5.52 Å². The maximum Gasteiger partial charge on any atom is 0.450 e. The van der Waals surface area contributed by atoms with Gasteiger partial charge in [-0.3, -0.25) is 18.5 Å². The summed E-state index contributed by atoms with van der Waals surface area (Å²) in [5.41, 5.74) is 0.838. The van der Waals surface area contributed by atoms with Crippen molar-refractivity contribution in [1.29, 1.82) is 0 Å². The first-order valence-corrected chi connectivity index (χ1v) is 13.2. The number of hydrogen-bond donors (Lipinski definition) is 3. The van der Waals surface area contributed by atoms with E-state index in [2.05, 4.69) is 15.3 Å². The van der Waals surface area contributed by atoms with Gasteiger partial charge in [-0.05, 0) is 55.4 Å². The maximum absolute atomic E-state index is 13.8. The van der Waals surface area contributed by atoms with E-state index in [1.54, 1.807) is 0 Å². The van der Waals surface area contributed by atoms with Crippen LogP contribution in [0.4, 0.5) is 26.3 Å². The van der Waals surface area contributed by atoms with E-state index in [1.165, 1.54) is 18.3 Å². The molecule has 3 aromatic rings. The number of alkyl halides is 6. The lowest BCUT2D eigenvalue weighted by molar-refractivity contribution is -0.154. The van der Waals surface area contributed by atoms with E-state index >= 15 is 0 Å². The summed E-state index contributed by atoms with van der Waals surface area (Å²) in [7, 11) is -5.61. The summed E-state index contributed by atoms with van der Waals surface area (Å²) in [4.78, 5) is 29.7. The van der Waals surface area contributed by atoms with Crippen molar-refractivity contribution >= 4 is 27.4 Å².